The van der Waals surface area contributed by atoms with Gasteiger partial charge >= 0.3 is 11.9 Å². The fourth-order valence-electron chi connectivity index (χ4n) is 2.40. The van der Waals surface area contributed by atoms with E-state index in [-0.39, 0.29) is 12.8 Å². The van der Waals surface area contributed by atoms with E-state index in [2.05, 4.69) is 10.1 Å². The lowest BCUT2D eigenvalue weighted by Gasteiger charge is -2.02. The van der Waals surface area contributed by atoms with E-state index in [1.807, 2.05) is 24.4 Å². The van der Waals surface area contributed by atoms with E-state index in [0.717, 1.165) is 23.4 Å². The molecule has 1 aromatic carbocycles. The van der Waals surface area contributed by atoms with E-state index in [9.17, 15) is 18.0 Å². The largest absolute Gasteiger partial charge is 0.481 e. The molecule has 0 bridgehead atoms. The number of hydrogen-bond acceptors (Lipinski definition) is 6. The second-order valence-corrected chi connectivity index (χ2v) is 8.26. The number of aliphatic carboxylic acids is 2. The molecule has 2 aromatic rings. The summed E-state index contributed by atoms with van der Waals surface area (Å²) in [4.78, 5) is 23.9. The average molecular weight is 419 g/mol. The molecule has 0 saturated heterocycles. The van der Waals surface area contributed by atoms with Gasteiger partial charge in [-0.3, -0.25) is 19.3 Å². The molecule has 0 saturated carbocycles. The van der Waals surface area contributed by atoms with Crippen LogP contribution in [-0.4, -0.2) is 58.9 Å². The van der Waals surface area contributed by atoms with E-state index in [1.165, 1.54) is 6.26 Å². The number of carboxylic acid groups (broad SMARTS) is 2. The number of sulfone groups is 1. The Morgan fingerprint density at radius 1 is 1.14 bits per heavy atom. The standard InChI is InChI=1S/C15H15N3O2S.C4H6O4/c1-21(19,20)15-6-2-4-12(8-15)13-9-17-18(10-13)11-14-5-3-7-16-14;5-3(6)1-2-4(7)8/h2-6,8-10H,7,11H2,1H3;1-2H2,(H,5,6)(H,7,8). The predicted octanol–water partition coefficient (Wildman–Crippen LogP) is 1.90. The Bertz CT molecular complexity index is 1040. The van der Waals surface area contributed by atoms with Crippen molar-refractivity contribution in [2.24, 2.45) is 4.99 Å². The summed E-state index contributed by atoms with van der Waals surface area (Å²) < 4.78 is 25.0. The van der Waals surface area contributed by atoms with Gasteiger partial charge in [0.25, 0.3) is 0 Å². The van der Waals surface area contributed by atoms with Gasteiger partial charge in [-0.05, 0) is 23.8 Å². The summed E-state index contributed by atoms with van der Waals surface area (Å²) in [6.45, 7) is 1.36. The third kappa shape index (κ3) is 7.34. The molecule has 1 aliphatic rings. The molecule has 1 aliphatic heterocycles. The second kappa shape index (κ2) is 9.78. The van der Waals surface area contributed by atoms with Gasteiger partial charge in [0, 0.05) is 18.0 Å². The highest BCUT2D eigenvalue weighted by Crippen LogP contribution is 2.22. The maximum absolute atomic E-state index is 11.6. The molecule has 10 heteroatoms. The van der Waals surface area contributed by atoms with Crippen molar-refractivity contribution in [1.29, 1.82) is 0 Å². The molecule has 2 heterocycles. The van der Waals surface area contributed by atoms with Crippen LogP contribution in [0.1, 0.15) is 12.8 Å². The molecule has 0 atom stereocenters. The van der Waals surface area contributed by atoms with Crippen LogP contribution in [0.2, 0.25) is 0 Å². The normalized spacial score (nSPS) is 12.8. The number of allylic oxidation sites excluding steroid dienone is 1. The zero-order chi connectivity index (χ0) is 21.4. The molecule has 0 unspecified atom stereocenters. The molecule has 29 heavy (non-hydrogen) atoms. The van der Waals surface area contributed by atoms with Crippen LogP contribution in [0.5, 0.6) is 0 Å². The molecular formula is C19H21N3O6S. The topological polar surface area (TPSA) is 139 Å². The number of benzene rings is 1. The van der Waals surface area contributed by atoms with E-state index in [0.29, 0.717) is 11.4 Å². The van der Waals surface area contributed by atoms with Crippen molar-refractivity contribution in [3.63, 3.8) is 0 Å². The van der Waals surface area contributed by atoms with Crippen molar-refractivity contribution in [2.45, 2.75) is 24.3 Å². The number of nitrogens with zero attached hydrogens (tertiary/aromatic N) is 3. The number of carbonyl (C=O) groups is 2. The molecule has 0 fully saturated rings. The summed E-state index contributed by atoms with van der Waals surface area (Å²) in [7, 11) is -3.20. The average Bonchev–Trinajstić information content (AvgIpc) is 3.32. The van der Waals surface area contributed by atoms with Gasteiger partial charge < -0.3 is 10.2 Å². The highest BCUT2D eigenvalue weighted by atomic mass is 32.2. The van der Waals surface area contributed by atoms with Crippen molar-refractivity contribution in [1.82, 2.24) is 9.78 Å². The summed E-state index contributed by atoms with van der Waals surface area (Å²) in [6, 6.07) is 6.89. The van der Waals surface area contributed by atoms with Crippen molar-refractivity contribution in [3.05, 3.63) is 48.8 Å². The van der Waals surface area contributed by atoms with Crippen molar-refractivity contribution in [3.8, 4) is 11.1 Å². The summed E-state index contributed by atoms with van der Waals surface area (Å²) >= 11 is 0. The molecule has 0 spiro atoms. The fraction of sp³-hybridized carbons (Fsp3) is 0.263. The van der Waals surface area contributed by atoms with Gasteiger partial charge in [0.05, 0.1) is 42.7 Å². The number of aliphatic imine (C=N–C) groups is 1. The molecule has 3 rings (SSSR count). The van der Waals surface area contributed by atoms with Crippen LogP contribution in [0.3, 0.4) is 0 Å². The smallest absolute Gasteiger partial charge is 0.303 e. The SMILES string of the molecule is CS(=O)(=O)c1cccc(-c2cnn(CC3=NCC=C3)c2)c1.O=C(O)CCC(=O)O. The van der Waals surface area contributed by atoms with Crippen LogP contribution in [0.25, 0.3) is 11.1 Å². The Morgan fingerprint density at radius 3 is 2.38 bits per heavy atom. The molecule has 2 N–H and O–H groups in total. The second-order valence-electron chi connectivity index (χ2n) is 6.25. The summed E-state index contributed by atoms with van der Waals surface area (Å²) in [6.07, 6.45) is 8.25. The maximum Gasteiger partial charge on any atom is 0.303 e. The molecule has 0 amide bonds. The van der Waals surface area contributed by atoms with Crippen LogP contribution >= 0.6 is 0 Å². The van der Waals surface area contributed by atoms with Gasteiger partial charge in [0.2, 0.25) is 0 Å². The van der Waals surface area contributed by atoms with Crippen molar-refractivity contribution >= 4 is 27.5 Å². The zero-order valence-corrected chi connectivity index (χ0v) is 16.5. The molecule has 0 radical (unpaired) electrons. The van der Waals surface area contributed by atoms with Crippen LogP contribution in [0.4, 0.5) is 0 Å². The predicted molar refractivity (Wildman–Crippen MR) is 107 cm³/mol. The van der Waals surface area contributed by atoms with Crippen LogP contribution in [0.15, 0.2) is 58.7 Å². The minimum atomic E-state index is -3.20. The monoisotopic (exact) mass is 419 g/mol. The van der Waals surface area contributed by atoms with Gasteiger partial charge in [-0.15, -0.1) is 0 Å². The van der Waals surface area contributed by atoms with E-state index >= 15 is 0 Å². The first-order valence-corrected chi connectivity index (χ1v) is 10.5. The van der Waals surface area contributed by atoms with Gasteiger partial charge in [-0.2, -0.15) is 5.10 Å². The first-order chi connectivity index (χ1) is 13.6. The first kappa shape index (κ1) is 22.0. The highest BCUT2D eigenvalue weighted by Gasteiger charge is 2.10. The van der Waals surface area contributed by atoms with Crippen molar-refractivity contribution < 1.29 is 28.2 Å². The molecule has 1 aromatic heterocycles. The summed E-state index contributed by atoms with van der Waals surface area (Å²) in [5, 5.41) is 20.1. The number of carboxylic acids is 2. The molecule has 0 aliphatic carbocycles. The quantitative estimate of drug-likeness (QED) is 0.699. The Balaban J connectivity index is 0.000000321. The fourth-order valence-corrected chi connectivity index (χ4v) is 3.07. The maximum atomic E-state index is 11.6. The lowest BCUT2D eigenvalue weighted by molar-refractivity contribution is -0.143. The van der Waals surface area contributed by atoms with Gasteiger partial charge in [0.1, 0.15) is 0 Å². The third-order valence-electron chi connectivity index (χ3n) is 3.82. The van der Waals surface area contributed by atoms with Gasteiger partial charge in [-0.1, -0.05) is 18.2 Å². The Labute approximate surface area is 167 Å². The number of rotatable bonds is 7. The van der Waals surface area contributed by atoms with E-state index < -0.39 is 21.8 Å². The van der Waals surface area contributed by atoms with Crippen LogP contribution in [0, 0.1) is 0 Å². The lowest BCUT2D eigenvalue weighted by atomic mass is 10.1. The summed E-state index contributed by atoms with van der Waals surface area (Å²) in [5.74, 6) is -2.15. The zero-order valence-electron chi connectivity index (χ0n) is 15.7. The third-order valence-corrected chi connectivity index (χ3v) is 4.93. The highest BCUT2D eigenvalue weighted by molar-refractivity contribution is 7.90. The van der Waals surface area contributed by atoms with Gasteiger partial charge in [0.15, 0.2) is 9.84 Å². The minimum Gasteiger partial charge on any atom is -0.481 e. The Morgan fingerprint density at radius 2 is 1.83 bits per heavy atom. The van der Waals surface area contributed by atoms with Gasteiger partial charge in [-0.25, -0.2) is 8.42 Å². The van der Waals surface area contributed by atoms with E-state index in [4.69, 9.17) is 10.2 Å². The molecule has 9 nitrogen and oxygen atoms in total. The van der Waals surface area contributed by atoms with Crippen LogP contribution < -0.4 is 0 Å². The Hall–Kier alpha value is -3.27. The molecule has 154 valence electrons. The first-order valence-electron chi connectivity index (χ1n) is 8.61. The number of hydrogen-bond donors (Lipinski definition) is 2. The van der Waals surface area contributed by atoms with E-state index in [1.54, 1.807) is 29.1 Å². The van der Waals surface area contributed by atoms with Crippen LogP contribution in [-0.2, 0) is 26.0 Å². The Kier molecular flexibility index (Phi) is 7.43. The molecular weight excluding hydrogens is 398 g/mol. The summed E-state index contributed by atoms with van der Waals surface area (Å²) in [5.41, 5.74) is 2.73. The number of aromatic nitrogens is 2. The minimum absolute atomic E-state index is 0.296. The lowest BCUT2D eigenvalue weighted by Crippen LogP contribution is -2.06. The van der Waals surface area contributed by atoms with Crippen molar-refractivity contribution in [2.75, 3.05) is 12.8 Å².